The van der Waals surface area contributed by atoms with E-state index in [0.717, 1.165) is 6.26 Å². The van der Waals surface area contributed by atoms with E-state index < -0.39 is 21.8 Å². The number of benzene rings is 3. The number of fused-ring (bicyclic) bond motifs is 1. The molecule has 0 aliphatic carbocycles. The third kappa shape index (κ3) is 6.62. The third-order valence-corrected chi connectivity index (χ3v) is 7.26. The van der Waals surface area contributed by atoms with Gasteiger partial charge in [-0.1, -0.05) is 18.2 Å². The number of nitrogens with zero attached hydrogens (tertiary/aromatic N) is 3. The summed E-state index contributed by atoms with van der Waals surface area (Å²) in [5.74, 6) is -1.68. The van der Waals surface area contributed by atoms with Gasteiger partial charge in [0.1, 0.15) is 5.82 Å². The van der Waals surface area contributed by atoms with Crippen molar-refractivity contribution < 1.29 is 27.8 Å². The molecule has 0 atom stereocenters. The van der Waals surface area contributed by atoms with Crippen LogP contribution in [0.2, 0.25) is 0 Å². The predicted octanol–water partition coefficient (Wildman–Crippen LogP) is 4.14. The van der Waals surface area contributed by atoms with Gasteiger partial charge in [-0.2, -0.15) is 0 Å². The lowest BCUT2D eigenvalue weighted by atomic mass is 9.98. The van der Waals surface area contributed by atoms with Crippen molar-refractivity contribution in [2.45, 2.75) is 6.42 Å². The molecule has 204 valence electrons. The highest BCUT2D eigenvalue weighted by atomic mass is 32.2. The van der Waals surface area contributed by atoms with Gasteiger partial charge in [-0.25, -0.2) is 17.8 Å². The van der Waals surface area contributed by atoms with Gasteiger partial charge < -0.3 is 20.1 Å². The number of rotatable bonds is 10. The number of likely N-dealkylation sites (N-methyl/N-ethyl adjacent to an activating group) is 1. The molecule has 0 spiro atoms. The summed E-state index contributed by atoms with van der Waals surface area (Å²) in [5, 5.41) is 20.6. The lowest BCUT2D eigenvalue weighted by Crippen LogP contribution is -2.35. The van der Waals surface area contributed by atoms with Crippen molar-refractivity contribution >= 4 is 44.0 Å². The van der Waals surface area contributed by atoms with Crippen LogP contribution in [0.1, 0.15) is 16.7 Å². The fourth-order valence-electron chi connectivity index (χ4n) is 4.26. The van der Waals surface area contributed by atoms with Crippen molar-refractivity contribution in [2.24, 2.45) is 4.99 Å². The molecule has 0 aliphatic heterocycles. The molecule has 3 aromatic carbocycles. The van der Waals surface area contributed by atoms with Gasteiger partial charge in [0.05, 0.1) is 40.8 Å². The molecule has 3 N–H and O–H groups in total. The predicted molar refractivity (Wildman–Crippen MR) is 150 cm³/mol. The molecule has 0 bridgehead atoms. The van der Waals surface area contributed by atoms with Gasteiger partial charge in [0.25, 0.3) is 0 Å². The Balaban J connectivity index is 1.84. The lowest BCUT2D eigenvalue weighted by Gasteiger charge is -2.24. The van der Waals surface area contributed by atoms with Crippen LogP contribution in [0.4, 0.5) is 15.8 Å². The molecule has 4 aromatic rings. The Hall–Kier alpha value is -4.22. The molecule has 0 unspecified atom stereocenters. The first kappa shape index (κ1) is 27.8. The molecule has 11 heteroatoms. The molecule has 0 saturated carbocycles. The first-order valence-corrected chi connectivity index (χ1v) is 13.9. The van der Waals surface area contributed by atoms with E-state index >= 15 is 0 Å². The van der Waals surface area contributed by atoms with E-state index in [-0.39, 0.29) is 18.8 Å². The molecule has 39 heavy (non-hydrogen) atoms. The SMILES string of the molecule is CN(C)CCN(c1ccc(N=C(c2cccc(CC(=O)O)c2)c2c(O)[nH]c3cc(F)ccc23)cc1)S(C)(=O)=O. The number of carboxylic acid groups (broad SMARTS) is 1. The summed E-state index contributed by atoms with van der Waals surface area (Å²) in [5.41, 5.74) is 3.06. The molecule has 9 nitrogen and oxygen atoms in total. The summed E-state index contributed by atoms with van der Waals surface area (Å²) in [6.45, 7) is 0.806. The number of aromatic amines is 1. The minimum atomic E-state index is -3.52. The fourth-order valence-corrected chi connectivity index (χ4v) is 5.18. The zero-order chi connectivity index (χ0) is 28.3. The topological polar surface area (TPSA) is 126 Å². The molecule has 0 amide bonds. The zero-order valence-corrected chi connectivity index (χ0v) is 22.5. The normalized spacial score (nSPS) is 12.3. The number of halogens is 1. The number of anilines is 1. The number of aromatic hydroxyl groups is 1. The fraction of sp³-hybridized carbons (Fsp3) is 0.214. The molecule has 0 fully saturated rings. The van der Waals surface area contributed by atoms with E-state index in [1.165, 1.54) is 22.5 Å². The van der Waals surface area contributed by atoms with Crippen LogP contribution in [0.25, 0.3) is 10.9 Å². The average molecular weight is 553 g/mol. The highest BCUT2D eigenvalue weighted by Gasteiger charge is 2.21. The molecule has 0 saturated heterocycles. The number of aliphatic imine (C=N–C) groups is 1. The van der Waals surface area contributed by atoms with E-state index in [4.69, 9.17) is 4.99 Å². The highest BCUT2D eigenvalue weighted by molar-refractivity contribution is 7.92. The number of hydrogen-bond donors (Lipinski definition) is 3. The Morgan fingerprint density at radius 2 is 1.74 bits per heavy atom. The Morgan fingerprint density at radius 3 is 2.38 bits per heavy atom. The number of aromatic nitrogens is 1. The molecule has 4 rings (SSSR count). The first-order valence-electron chi connectivity index (χ1n) is 12.1. The molecular formula is C28H29FN4O5S. The standard InChI is InChI=1S/C28H29FN4O5S/c1-32(2)13-14-33(39(3,37)38)22-10-8-21(9-11-22)30-27(19-6-4-5-18(15-19)16-25(34)35)26-23-12-7-20(29)17-24(23)31-28(26)36/h4-12,15,17,31,36H,13-14,16H2,1-3H3,(H,34,35). The van der Waals surface area contributed by atoms with Crippen LogP contribution in [0, 0.1) is 5.82 Å². The maximum absolute atomic E-state index is 13.9. The van der Waals surface area contributed by atoms with Gasteiger partial charge >= 0.3 is 5.97 Å². The van der Waals surface area contributed by atoms with Gasteiger partial charge in [-0.3, -0.25) is 9.10 Å². The second-order valence-corrected chi connectivity index (χ2v) is 11.3. The van der Waals surface area contributed by atoms with Gasteiger partial charge in [-0.05, 0) is 68.2 Å². The van der Waals surface area contributed by atoms with Crippen LogP contribution in [-0.4, -0.2) is 73.6 Å². The average Bonchev–Trinajstić information content (AvgIpc) is 3.16. The van der Waals surface area contributed by atoms with E-state index in [0.29, 0.717) is 51.2 Å². The molecular weight excluding hydrogens is 523 g/mol. The number of carbonyl (C=O) groups is 1. The number of hydrogen-bond acceptors (Lipinski definition) is 6. The minimum absolute atomic E-state index is 0.199. The molecule has 1 heterocycles. The second-order valence-electron chi connectivity index (χ2n) is 9.42. The van der Waals surface area contributed by atoms with E-state index in [1.54, 1.807) is 48.5 Å². The zero-order valence-electron chi connectivity index (χ0n) is 21.7. The van der Waals surface area contributed by atoms with Crippen LogP contribution >= 0.6 is 0 Å². The number of nitrogens with one attached hydrogen (secondary N) is 1. The maximum Gasteiger partial charge on any atom is 0.307 e. The van der Waals surface area contributed by atoms with Gasteiger partial charge in [-0.15, -0.1) is 0 Å². The Morgan fingerprint density at radius 1 is 1.03 bits per heavy atom. The molecule has 0 aliphatic rings. The van der Waals surface area contributed by atoms with E-state index in [1.807, 2.05) is 19.0 Å². The summed E-state index contributed by atoms with van der Waals surface area (Å²) in [6.07, 6.45) is 0.953. The van der Waals surface area contributed by atoms with Crippen molar-refractivity contribution in [3.05, 3.63) is 89.2 Å². The largest absolute Gasteiger partial charge is 0.494 e. The van der Waals surface area contributed by atoms with Crippen molar-refractivity contribution in [1.82, 2.24) is 9.88 Å². The summed E-state index contributed by atoms with van der Waals surface area (Å²) >= 11 is 0. The quantitative estimate of drug-likeness (QED) is 0.254. The summed E-state index contributed by atoms with van der Waals surface area (Å²) in [6, 6.07) is 17.5. The Labute approximate surface area is 225 Å². The monoisotopic (exact) mass is 552 g/mol. The van der Waals surface area contributed by atoms with Crippen LogP contribution in [0.5, 0.6) is 5.88 Å². The van der Waals surface area contributed by atoms with Crippen molar-refractivity contribution in [2.75, 3.05) is 37.7 Å². The maximum atomic E-state index is 13.9. The smallest absolute Gasteiger partial charge is 0.307 e. The minimum Gasteiger partial charge on any atom is -0.494 e. The number of sulfonamides is 1. The summed E-state index contributed by atoms with van der Waals surface area (Å²) in [4.78, 5) is 20.8. The van der Waals surface area contributed by atoms with E-state index in [9.17, 15) is 27.8 Å². The third-order valence-electron chi connectivity index (χ3n) is 6.06. The number of H-pyrrole nitrogens is 1. The Bertz CT molecular complexity index is 1650. The van der Waals surface area contributed by atoms with Gasteiger partial charge in [0.15, 0.2) is 5.88 Å². The van der Waals surface area contributed by atoms with Crippen LogP contribution in [-0.2, 0) is 21.2 Å². The second kappa shape index (κ2) is 11.3. The van der Waals surface area contributed by atoms with Crippen LogP contribution < -0.4 is 4.31 Å². The lowest BCUT2D eigenvalue weighted by molar-refractivity contribution is -0.136. The summed E-state index contributed by atoms with van der Waals surface area (Å²) < 4.78 is 40.0. The summed E-state index contributed by atoms with van der Waals surface area (Å²) in [7, 11) is 0.201. The van der Waals surface area contributed by atoms with Crippen molar-refractivity contribution in [1.29, 1.82) is 0 Å². The molecule has 1 aromatic heterocycles. The Kier molecular flexibility index (Phi) is 8.03. The van der Waals surface area contributed by atoms with Crippen LogP contribution in [0.15, 0.2) is 71.7 Å². The number of carboxylic acids is 1. The molecule has 0 radical (unpaired) electrons. The first-order chi connectivity index (χ1) is 18.4. The van der Waals surface area contributed by atoms with Gasteiger partial charge in [0.2, 0.25) is 10.0 Å². The number of aliphatic carboxylic acids is 1. The highest BCUT2D eigenvalue weighted by Crippen LogP contribution is 2.32. The van der Waals surface area contributed by atoms with Gasteiger partial charge in [0, 0.05) is 24.0 Å². The van der Waals surface area contributed by atoms with Crippen LogP contribution in [0.3, 0.4) is 0 Å². The van der Waals surface area contributed by atoms with E-state index in [2.05, 4.69) is 4.98 Å². The van der Waals surface area contributed by atoms with Crippen molar-refractivity contribution in [3.8, 4) is 5.88 Å². The van der Waals surface area contributed by atoms with Crippen molar-refractivity contribution in [3.63, 3.8) is 0 Å².